The molecule has 6 nitrogen and oxygen atoms in total. The molecule has 0 unspecified atom stereocenters. The normalized spacial score (nSPS) is 10.4. The van der Waals surface area contributed by atoms with Gasteiger partial charge in [0.2, 0.25) is 0 Å². The Hall–Kier alpha value is -1.54. The highest BCUT2D eigenvalue weighted by molar-refractivity contribution is 7.98. The van der Waals surface area contributed by atoms with E-state index >= 15 is 0 Å². The van der Waals surface area contributed by atoms with Crippen LogP contribution in [0.2, 0.25) is 0 Å². The van der Waals surface area contributed by atoms with Gasteiger partial charge in [-0.1, -0.05) is 0 Å². The smallest absolute Gasteiger partial charge is 0.317 e. The first-order valence-electron chi connectivity index (χ1n) is 5.64. The van der Waals surface area contributed by atoms with Gasteiger partial charge in [0.25, 0.3) is 0 Å². The van der Waals surface area contributed by atoms with Crippen LogP contribution < -0.4 is 9.47 Å². The second-order valence-corrected chi connectivity index (χ2v) is 5.18. The largest absolute Gasteiger partial charge is 0.467 e. The minimum atomic E-state index is 0.328. The number of hydrogen-bond donors (Lipinski definition) is 0. The molecule has 0 aliphatic heterocycles. The van der Waals surface area contributed by atoms with E-state index in [-0.39, 0.29) is 0 Å². The fourth-order valence-electron chi connectivity index (χ4n) is 1.52. The zero-order chi connectivity index (χ0) is 14.5. The number of rotatable bonds is 5. The summed E-state index contributed by atoms with van der Waals surface area (Å²) in [6, 6.07) is 2.55. The van der Waals surface area contributed by atoms with Crippen molar-refractivity contribution in [2.45, 2.75) is 10.1 Å². The van der Waals surface area contributed by atoms with E-state index in [1.54, 1.807) is 20.4 Å². The Morgan fingerprint density at radius 2 is 1.70 bits per heavy atom. The lowest BCUT2D eigenvalue weighted by atomic mass is 10.2. The molecular formula is C12H14N4O2S2. The summed E-state index contributed by atoms with van der Waals surface area (Å²) in [5.41, 5.74) is 1.56. The van der Waals surface area contributed by atoms with Crippen molar-refractivity contribution in [2.75, 3.05) is 26.7 Å². The van der Waals surface area contributed by atoms with Gasteiger partial charge in [-0.2, -0.15) is 15.0 Å². The maximum absolute atomic E-state index is 5.13. The van der Waals surface area contributed by atoms with Crippen molar-refractivity contribution in [1.29, 1.82) is 0 Å². The average molecular weight is 310 g/mol. The molecule has 0 aromatic carbocycles. The summed E-state index contributed by atoms with van der Waals surface area (Å²) in [7, 11) is 3.09. The molecule has 2 aromatic rings. The van der Waals surface area contributed by atoms with Crippen LogP contribution in [-0.4, -0.2) is 46.7 Å². The van der Waals surface area contributed by atoms with Crippen LogP contribution in [0.1, 0.15) is 0 Å². The molecule has 2 aromatic heterocycles. The van der Waals surface area contributed by atoms with Crippen LogP contribution in [-0.2, 0) is 0 Å². The maximum Gasteiger partial charge on any atom is 0.317 e. The zero-order valence-corrected chi connectivity index (χ0v) is 13.2. The Balaban J connectivity index is 2.55. The fourth-order valence-corrected chi connectivity index (χ4v) is 2.46. The fraction of sp³-hybridized carbons (Fsp3) is 0.333. The first-order chi connectivity index (χ1) is 9.71. The van der Waals surface area contributed by atoms with E-state index < -0.39 is 0 Å². The van der Waals surface area contributed by atoms with Gasteiger partial charge < -0.3 is 9.47 Å². The molecule has 0 N–H and O–H groups in total. The molecule has 106 valence electrons. The molecule has 0 fully saturated rings. The second kappa shape index (κ2) is 6.76. The van der Waals surface area contributed by atoms with E-state index in [0.29, 0.717) is 12.0 Å². The van der Waals surface area contributed by atoms with Crippen LogP contribution in [0, 0.1) is 0 Å². The molecule has 0 amide bonds. The predicted molar refractivity (Wildman–Crippen MR) is 79.7 cm³/mol. The predicted octanol–water partition coefficient (Wildman–Crippen LogP) is 2.39. The number of ether oxygens (including phenoxy) is 2. The third kappa shape index (κ3) is 3.13. The van der Waals surface area contributed by atoms with Gasteiger partial charge in [0.05, 0.1) is 25.5 Å². The van der Waals surface area contributed by atoms with Crippen molar-refractivity contribution in [3.63, 3.8) is 0 Å². The number of nitrogens with zero attached hydrogens (tertiary/aromatic N) is 4. The highest BCUT2D eigenvalue weighted by atomic mass is 32.2. The van der Waals surface area contributed by atoms with Gasteiger partial charge in [-0.25, -0.2) is 4.98 Å². The minimum Gasteiger partial charge on any atom is -0.467 e. The summed E-state index contributed by atoms with van der Waals surface area (Å²) in [6.45, 7) is 0. The van der Waals surface area contributed by atoms with E-state index in [0.717, 1.165) is 21.3 Å². The van der Waals surface area contributed by atoms with Crippen LogP contribution in [0.25, 0.3) is 11.3 Å². The molecule has 0 saturated heterocycles. The minimum absolute atomic E-state index is 0.328. The average Bonchev–Trinajstić information content (AvgIpc) is 2.53. The van der Waals surface area contributed by atoms with Gasteiger partial charge >= 0.3 is 12.0 Å². The van der Waals surface area contributed by atoms with Crippen molar-refractivity contribution in [1.82, 2.24) is 19.9 Å². The molecule has 8 heteroatoms. The monoisotopic (exact) mass is 310 g/mol. The van der Waals surface area contributed by atoms with Crippen molar-refractivity contribution in [3.05, 3.63) is 12.3 Å². The second-order valence-electron chi connectivity index (χ2n) is 3.56. The van der Waals surface area contributed by atoms with Gasteiger partial charge in [-0.3, -0.25) is 0 Å². The Kier molecular flexibility index (Phi) is 5.02. The quantitative estimate of drug-likeness (QED) is 0.616. The van der Waals surface area contributed by atoms with Crippen molar-refractivity contribution >= 4 is 23.5 Å². The topological polar surface area (TPSA) is 70.0 Å². The van der Waals surface area contributed by atoms with Crippen molar-refractivity contribution in [3.8, 4) is 23.3 Å². The molecule has 0 saturated carbocycles. The molecule has 2 heterocycles. The molecule has 2 rings (SSSR count). The Labute approximate surface area is 125 Å². The van der Waals surface area contributed by atoms with E-state index in [2.05, 4.69) is 19.9 Å². The molecule has 0 aliphatic carbocycles. The van der Waals surface area contributed by atoms with Crippen molar-refractivity contribution in [2.24, 2.45) is 0 Å². The van der Waals surface area contributed by atoms with Crippen LogP contribution in [0.15, 0.2) is 22.3 Å². The Morgan fingerprint density at radius 1 is 0.950 bits per heavy atom. The van der Waals surface area contributed by atoms with Gasteiger partial charge in [0, 0.05) is 6.20 Å². The Bertz CT molecular complexity index is 588. The molecular weight excluding hydrogens is 296 g/mol. The summed E-state index contributed by atoms with van der Waals surface area (Å²) in [5.74, 6) is 0. The van der Waals surface area contributed by atoms with Crippen LogP contribution >= 0.6 is 23.5 Å². The van der Waals surface area contributed by atoms with Crippen LogP contribution in [0.4, 0.5) is 0 Å². The first kappa shape index (κ1) is 14.9. The standard InChI is InChI=1S/C12H14N4O2S2/c1-17-11-13-6-7(10(16-11)20-4)8-5-9(19-3)15-12(14-8)18-2/h5-6H,1-4H3. The summed E-state index contributed by atoms with van der Waals surface area (Å²) in [6.07, 6.45) is 5.59. The molecule has 0 aliphatic rings. The molecule has 0 bridgehead atoms. The highest BCUT2D eigenvalue weighted by Crippen LogP contribution is 2.30. The van der Waals surface area contributed by atoms with E-state index in [4.69, 9.17) is 9.47 Å². The van der Waals surface area contributed by atoms with Gasteiger partial charge in [-0.05, 0) is 18.6 Å². The molecule has 20 heavy (non-hydrogen) atoms. The van der Waals surface area contributed by atoms with Crippen LogP contribution in [0.5, 0.6) is 12.0 Å². The third-order valence-electron chi connectivity index (χ3n) is 2.46. The van der Waals surface area contributed by atoms with Gasteiger partial charge in [0.1, 0.15) is 10.1 Å². The van der Waals surface area contributed by atoms with Gasteiger partial charge in [-0.15, -0.1) is 23.5 Å². The number of hydrogen-bond acceptors (Lipinski definition) is 8. The van der Waals surface area contributed by atoms with E-state index in [9.17, 15) is 0 Å². The summed E-state index contributed by atoms with van der Waals surface area (Å²) in [4.78, 5) is 17.1. The molecule has 0 radical (unpaired) electrons. The highest BCUT2D eigenvalue weighted by Gasteiger charge is 2.13. The summed E-state index contributed by atoms with van der Waals surface area (Å²) in [5, 5.41) is 1.62. The van der Waals surface area contributed by atoms with Gasteiger partial charge in [0.15, 0.2) is 0 Å². The van der Waals surface area contributed by atoms with Crippen molar-refractivity contribution < 1.29 is 9.47 Å². The summed E-state index contributed by atoms with van der Waals surface area (Å²) < 4.78 is 10.2. The first-order valence-corrected chi connectivity index (χ1v) is 8.09. The maximum atomic E-state index is 5.13. The number of methoxy groups -OCH3 is 2. The Morgan fingerprint density at radius 3 is 2.30 bits per heavy atom. The molecule has 0 spiro atoms. The molecule has 0 atom stereocenters. The summed E-state index contributed by atoms with van der Waals surface area (Å²) >= 11 is 3.03. The lowest BCUT2D eigenvalue weighted by Crippen LogP contribution is -1.99. The zero-order valence-electron chi connectivity index (χ0n) is 11.6. The lowest BCUT2D eigenvalue weighted by Gasteiger charge is -2.09. The third-order valence-corrected chi connectivity index (χ3v) is 3.78. The number of thioether (sulfide) groups is 2. The SMILES string of the molecule is COc1nc(SC)cc(-c2cnc(OC)nc2SC)n1. The van der Waals surface area contributed by atoms with E-state index in [1.165, 1.54) is 23.5 Å². The van der Waals surface area contributed by atoms with Crippen LogP contribution in [0.3, 0.4) is 0 Å². The number of aromatic nitrogens is 4. The van der Waals surface area contributed by atoms with E-state index in [1.807, 2.05) is 18.6 Å². The lowest BCUT2D eigenvalue weighted by molar-refractivity contribution is 0.375.